The van der Waals surface area contributed by atoms with E-state index in [9.17, 15) is 38.2 Å². The van der Waals surface area contributed by atoms with Crippen molar-refractivity contribution in [2.75, 3.05) is 0 Å². The van der Waals surface area contributed by atoms with E-state index in [4.69, 9.17) is 4.18 Å². The number of carbonyl (C=O) groups is 1. The molecule has 54 heavy (non-hydrogen) atoms. The molecule has 0 radical (unpaired) electrons. The molecule has 0 saturated carbocycles. The average molecular weight is 744 g/mol. The van der Waals surface area contributed by atoms with Gasteiger partial charge in [0.1, 0.15) is 23.0 Å². The lowest BCUT2D eigenvalue weighted by Gasteiger charge is -2.17. The third-order valence-corrected chi connectivity index (χ3v) is 9.68. The summed E-state index contributed by atoms with van der Waals surface area (Å²) in [6, 6.07) is 30.9. The van der Waals surface area contributed by atoms with Crippen LogP contribution in [0.3, 0.4) is 0 Å². The number of phenols is 4. The molecule has 0 unspecified atom stereocenters. The highest BCUT2D eigenvalue weighted by Crippen LogP contribution is 2.43. The number of fused-ring (bicyclic) bond motifs is 5. The Labute approximate surface area is 308 Å². The van der Waals surface area contributed by atoms with E-state index in [0.717, 1.165) is 11.1 Å². The molecule has 0 bridgehead atoms. The van der Waals surface area contributed by atoms with Crippen LogP contribution in [0.4, 0.5) is 0 Å². The molecule has 1 aliphatic rings. The van der Waals surface area contributed by atoms with E-state index in [1.54, 1.807) is 78.9 Å². The topological polar surface area (TPSA) is 222 Å². The first kappa shape index (κ1) is 35.6. The predicted molar refractivity (Wildman–Crippen MR) is 203 cm³/mol. The molecule has 8 rings (SSSR count). The highest BCUT2D eigenvalue weighted by atomic mass is 32.3. The lowest BCUT2D eigenvalue weighted by molar-refractivity contribution is 0.105. The normalized spacial score (nSPS) is 12.7. The van der Waals surface area contributed by atoms with Crippen molar-refractivity contribution < 1.29 is 42.4 Å². The van der Waals surface area contributed by atoms with Crippen LogP contribution in [0.25, 0.3) is 44.8 Å². The van der Waals surface area contributed by atoms with Crippen LogP contribution in [-0.2, 0) is 23.4 Å². The number of carbonyl (C=O) groups excluding carboxylic acids is 1. The van der Waals surface area contributed by atoms with Crippen LogP contribution < -0.4 is 21.0 Å². The summed E-state index contributed by atoms with van der Waals surface area (Å²) in [5.41, 5.74) is 5.09. The van der Waals surface area contributed by atoms with Gasteiger partial charge in [-0.05, 0) is 89.3 Å². The molecule has 2 heterocycles. The summed E-state index contributed by atoms with van der Waals surface area (Å²) in [5, 5.41) is 42.2. The number of aromatic hydroxyl groups is 4. The van der Waals surface area contributed by atoms with Gasteiger partial charge in [-0.15, -0.1) is 0 Å². The van der Waals surface area contributed by atoms with Crippen LogP contribution in [0, 0.1) is 0 Å². The Bertz CT molecular complexity index is 2810. The van der Waals surface area contributed by atoms with E-state index in [1.807, 2.05) is 22.8 Å². The van der Waals surface area contributed by atoms with Gasteiger partial charge in [0.05, 0.1) is 27.5 Å². The minimum atomic E-state index is -5.18. The number of Topliss-reactive ketones (excluding diaryl/α,β-unsaturated/α-hetero) is 1. The molecular formula is C41H33N3O9S. The van der Waals surface area contributed by atoms with Crippen LogP contribution in [0.1, 0.15) is 27.2 Å². The molecule has 2 aromatic heterocycles. The second kappa shape index (κ2) is 13.6. The van der Waals surface area contributed by atoms with Gasteiger partial charge >= 0.3 is 0 Å². The quantitative estimate of drug-likeness (QED) is 0.0816. The van der Waals surface area contributed by atoms with Gasteiger partial charge in [0.15, 0.2) is 5.75 Å². The van der Waals surface area contributed by atoms with Crippen molar-refractivity contribution in [2.24, 2.45) is 0 Å². The van der Waals surface area contributed by atoms with Gasteiger partial charge in [-0.25, -0.2) is 8.42 Å². The zero-order valence-electron chi connectivity index (χ0n) is 28.6. The van der Waals surface area contributed by atoms with Crippen LogP contribution in [0.2, 0.25) is 0 Å². The molecule has 7 aromatic rings. The monoisotopic (exact) mass is 743 g/mol. The maximum atomic E-state index is 14.9. The fourth-order valence-electron chi connectivity index (χ4n) is 7.00. The van der Waals surface area contributed by atoms with Gasteiger partial charge in [0.25, 0.3) is 10.4 Å². The maximum absolute atomic E-state index is 14.9. The number of nitrogens with one attached hydrogen (secondary N) is 1. The van der Waals surface area contributed by atoms with Crippen LogP contribution >= 0.6 is 0 Å². The second-order valence-electron chi connectivity index (χ2n) is 12.6. The first-order valence-corrected chi connectivity index (χ1v) is 17.8. The molecule has 12 nitrogen and oxygen atoms in total. The third kappa shape index (κ3) is 6.43. The molecule has 0 saturated heterocycles. The SMILES string of the molecule is O=C1C(c2ccc(O)cc2)=c2c(c(-c3ccc(O)cc3)/c(=C/c3ccc(O)cc3)n2CCc2ccc(O)cc2)-c2c1[nH]c1c(OS(=O)(=O)[O-])cccc21.[NH4+]. The number of para-hydroxylation sites is 1. The molecular weight excluding hydrogens is 711 g/mol. The third-order valence-electron chi connectivity index (χ3n) is 9.30. The Kier molecular flexibility index (Phi) is 8.99. The number of aryl methyl sites for hydroxylation is 1. The largest absolute Gasteiger partial charge is 0.716 e. The van der Waals surface area contributed by atoms with Crippen LogP contribution in [0.15, 0.2) is 115 Å². The maximum Gasteiger partial charge on any atom is 0.262 e. The number of hydrogen-bond donors (Lipinski definition) is 6. The number of nitrogens with zero attached hydrogens (tertiary/aromatic N) is 1. The van der Waals surface area contributed by atoms with E-state index in [1.165, 1.54) is 24.3 Å². The second-order valence-corrected chi connectivity index (χ2v) is 13.6. The molecule has 0 fully saturated rings. The number of aromatic nitrogens is 2. The highest BCUT2D eigenvalue weighted by Gasteiger charge is 2.35. The Hall–Kier alpha value is -6.80. The Morgan fingerprint density at radius 2 is 1.26 bits per heavy atom. The first-order chi connectivity index (χ1) is 25.4. The van der Waals surface area contributed by atoms with Crippen molar-refractivity contribution in [1.82, 2.24) is 15.7 Å². The number of phenolic OH excluding ortho intramolecular Hbond substituents is 4. The van der Waals surface area contributed by atoms with Crippen molar-refractivity contribution >= 4 is 38.7 Å². The smallest absolute Gasteiger partial charge is 0.262 e. The van der Waals surface area contributed by atoms with E-state index in [0.29, 0.717) is 56.9 Å². The van der Waals surface area contributed by atoms with Crippen molar-refractivity contribution in [3.8, 4) is 51.0 Å². The van der Waals surface area contributed by atoms with Crippen LogP contribution in [0.5, 0.6) is 28.7 Å². The number of hydrogen-bond acceptors (Lipinski definition) is 9. The van der Waals surface area contributed by atoms with Crippen LogP contribution in [-0.4, -0.2) is 48.7 Å². The number of ketones is 1. The zero-order valence-corrected chi connectivity index (χ0v) is 29.5. The summed E-state index contributed by atoms with van der Waals surface area (Å²) in [4.78, 5) is 18.0. The minimum absolute atomic E-state index is 0. The molecule has 0 amide bonds. The van der Waals surface area contributed by atoms with E-state index >= 15 is 0 Å². The van der Waals surface area contributed by atoms with E-state index in [2.05, 4.69) is 4.98 Å². The zero-order chi connectivity index (χ0) is 37.0. The highest BCUT2D eigenvalue weighted by molar-refractivity contribution is 7.81. The molecule has 5 aromatic carbocycles. The van der Waals surface area contributed by atoms with Crippen molar-refractivity contribution in [2.45, 2.75) is 13.0 Å². The summed E-state index contributed by atoms with van der Waals surface area (Å²) < 4.78 is 42.2. The number of rotatable bonds is 8. The average Bonchev–Trinajstić information content (AvgIpc) is 3.66. The first-order valence-electron chi connectivity index (χ1n) is 16.4. The van der Waals surface area contributed by atoms with Gasteiger partial charge in [0, 0.05) is 28.6 Å². The molecule has 272 valence electrons. The molecule has 13 heteroatoms. The molecule has 1 aliphatic carbocycles. The predicted octanol–water partition coefficient (Wildman–Crippen LogP) is 5.81. The number of quaternary nitrogens is 1. The van der Waals surface area contributed by atoms with Gasteiger partial charge in [-0.2, -0.15) is 0 Å². The summed E-state index contributed by atoms with van der Waals surface area (Å²) >= 11 is 0. The molecule has 0 atom stereocenters. The number of H-pyrrole nitrogens is 1. The van der Waals surface area contributed by atoms with Crippen molar-refractivity contribution in [1.29, 1.82) is 0 Å². The van der Waals surface area contributed by atoms with E-state index < -0.39 is 16.2 Å². The van der Waals surface area contributed by atoms with Gasteiger partial charge < -0.3 is 44.9 Å². The lowest BCUT2D eigenvalue weighted by Crippen LogP contribution is -2.34. The Morgan fingerprint density at radius 1 is 0.704 bits per heavy atom. The number of benzene rings is 5. The fourth-order valence-corrected chi connectivity index (χ4v) is 7.36. The lowest BCUT2D eigenvalue weighted by atomic mass is 9.85. The summed E-state index contributed by atoms with van der Waals surface area (Å²) in [6.45, 7) is 0.338. The van der Waals surface area contributed by atoms with E-state index in [-0.39, 0.29) is 51.7 Å². The summed E-state index contributed by atoms with van der Waals surface area (Å²) in [7, 11) is -5.18. The number of aromatic amines is 1. The van der Waals surface area contributed by atoms with Gasteiger partial charge in [0.2, 0.25) is 5.78 Å². The fraction of sp³-hybridized carbons (Fsp3) is 0.0488. The summed E-state index contributed by atoms with van der Waals surface area (Å²) in [6.07, 6.45) is 2.41. The Morgan fingerprint density at radius 3 is 1.85 bits per heavy atom. The molecule has 0 aliphatic heterocycles. The van der Waals surface area contributed by atoms with Gasteiger partial charge in [-0.1, -0.05) is 60.7 Å². The molecule has 9 N–H and O–H groups in total. The minimum Gasteiger partial charge on any atom is -0.716 e. The van der Waals surface area contributed by atoms with Crippen molar-refractivity contribution in [3.05, 3.63) is 148 Å². The van der Waals surface area contributed by atoms with Crippen molar-refractivity contribution in [3.63, 3.8) is 0 Å². The standard InChI is InChI=1S/C41H30N2O9S.H3N/c44-27-12-4-23(5-13-27)20-21-43-32(22-24-6-14-28(45)15-7-24)34(25-8-16-29(46)17-9-25)37-36-31-2-1-3-33(52-53(49,50)51)38(31)42-39(36)41(48)35(40(37)43)26-10-18-30(47)19-11-26;/h1-19,22,42,44-47H,20-21H2,(H,49,50,51);1H3/b32-22-;. The molecule has 0 spiro atoms. The Balaban J connectivity index is 0.00000450. The summed E-state index contributed by atoms with van der Waals surface area (Å²) in [5.74, 6) is -0.463. The van der Waals surface area contributed by atoms with Gasteiger partial charge in [-0.3, -0.25) is 4.79 Å².